The fraction of sp³-hybridized carbons (Fsp3) is 0.300. The van der Waals surface area contributed by atoms with Crippen molar-refractivity contribution in [2.24, 2.45) is 0 Å². The number of fused-ring (bicyclic) bond motifs is 1. The molecule has 0 N–H and O–H groups in total. The molecule has 0 saturated carbocycles. The summed E-state index contributed by atoms with van der Waals surface area (Å²) in [6.45, 7) is 6.39. The van der Waals surface area contributed by atoms with E-state index in [0.717, 1.165) is 22.4 Å². The van der Waals surface area contributed by atoms with Crippen LogP contribution in [0.3, 0.4) is 0 Å². The maximum atomic E-state index is 13.2. The molecule has 0 radical (unpaired) electrons. The highest BCUT2D eigenvalue weighted by molar-refractivity contribution is 5.96. The van der Waals surface area contributed by atoms with Crippen LogP contribution in [-0.2, 0) is 6.54 Å². The molecule has 3 aromatic rings. The van der Waals surface area contributed by atoms with Crippen LogP contribution in [0.25, 0.3) is 11.1 Å². The molecule has 7 nitrogen and oxygen atoms in total. The lowest BCUT2D eigenvalue weighted by Gasteiger charge is -2.26. The minimum absolute atomic E-state index is 0.0814. The van der Waals surface area contributed by atoms with E-state index in [1.807, 2.05) is 30.0 Å². The predicted molar refractivity (Wildman–Crippen MR) is 98.3 cm³/mol. The molecule has 3 heterocycles. The topological polar surface area (TPSA) is 81.4 Å². The van der Waals surface area contributed by atoms with Crippen molar-refractivity contribution < 1.29 is 14.1 Å². The number of carbonyl (C=O) groups excluding carboxylic acids is 1. The van der Waals surface area contributed by atoms with Crippen LogP contribution in [0.4, 0.5) is 0 Å². The summed E-state index contributed by atoms with van der Waals surface area (Å²) < 4.78 is 11.1. The van der Waals surface area contributed by atoms with E-state index in [1.54, 1.807) is 26.2 Å². The molecule has 4 rings (SSSR count). The van der Waals surface area contributed by atoms with E-state index >= 15 is 0 Å². The molecule has 2 aromatic heterocycles. The van der Waals surface area contributed by atoms with Gasteiger partial charge in [0.05, 0.1) is 18.3 Å². The number of rotatable bonds is 2. The highest BCUT2D eigenvalue weighted by Gasteiger charge is 2.30. The standard InChI is InChI=1S/C20H20N4O3/c1-12-10-26-18-5-4-15(17-7-21-11-22-8-17)6-16(18)9-24(12)20(25)19-13(2)23-27-14(19)3/h4-8,11-12H,9-10H2,1-3H3/t12-/m1/s1. The number of aryl methyl sites for hydroxylation is 2. The number of aromatic nitrogens is 3. The van der Waals surface area contributed by atoms with Crippen molar-refractivity contribution in [1.82, 2.24) is 20.0 Å². The highest BCUT2D eigenvalue weighted by Crippen LogP contribution is 2.31. The largest absolute Gasteiger partial charge is 0.491 e. The third-order valence-corrected chi connectivity index (χ3v) is 4.82. The third kappa shape index (κ3) is 3.16. The van der Waals surface area contributed by atoms with Crippen LogP contribution >= 0.6 is 0 Å². The van der Waals surface area contributed by atoms with Crippen molar-refractivity contribution in [2.75, 3.05) is 6.61 Å². The molecule has 1 aliphatic rings. The van der Waals surface area contributed by atoms with Gasteiger partial charge in [-0.3, -0.25) is 4.79 Å². The maximum Gasteiger partial charge on any atom is 0.260 e. The number of hydrogen-bond acceptors (Lipinski definition) is 6. The summed E-state index contributed by atoms with van der Waals surface area (Å²) in [4.78, 5) is 23.1. The average Bonchev–Trinajstić information content (AvgIpc) is 2.92. The smallest absolute Gasteiger partial charge is 0.260 e. The van der Waals surface area contributed by atoms with Crippen LogP contribution in [-0.4, -0.2) is 38.6 Å². The lowest BCUT2D eigenvalue weighted by molar-refractivity contribution is 0.0643. The second-order valence-electron chi connectivity index (χ2n) is 6.74. The van der Waals surface area contributed by atoms with Gasteiger partial charge in [-0.1, -0.05) is 11.2 Å². The molecular weight excluding hydrogens is 344 g/mol. The second-order valence-corrected chi connectivity index (χ2v) is 6.74. The van der Waals surface area contributed by atoms with E-state index < -0.39 is 0 Å². The molecule has 0 aliphatic carbocycles. The molecule has 0 spiro atoms. The Labute approximate surface area is 157 Å². The summed E-state index contributed by atoms with van der Waals surface area (Å²) in [6.07, 6.45) is 5.03. The number of amides is 1. The van der Waals surface area contributed by atoms with E-state index in [-0.39, 0.29) is 11.9 Å². The van der Waals surface area contributed by atoms with Gasteiger partial charge in [0.15, 0.2) is 0 Å². The average molecular weight is 364 g/mol. The lowest BCUT2D eigenvalue weighted by atomic mass is 10.0. The molecule has 0 unspecified atom stereocenters. The lowest BCUT2D eigenvalue weighted by Crippen LogP contribution is -2.40. The Hall–Kier alpha value is -3.22. The molecular formula is C20H20N4O3. The quantitative estimate of drug-likeness (QED) is 0.695. The molecule has 1 amide bonds. The van der Waals surface area contributed by atoms with Gasteiger partial charge in [-0.25, -0.2) is 9.97 Å². The van der Waals surface area contributed by atoms with Gasteiger partial charge in [-0.05, 0) is 38.5 Å². The minimum Gasteiger partial charge on any atom is -0.491 e. The zero-order valence-electron chi connectivity index (χ0n) is 15.5. The number of ether oxygens (including phenoxy) is 1. The predicted octanol–water partition coefficient (Wildman–Crippen LogP) is 3.17. The highest BCUT2D eigenvalue weighted by atomic mass is 16.5. The minimum atomic E-state index is -0.0938. The zero-order valence-corrected chi connectivity index (χ0v) is 15.5. The number of hydrogen-bond donors (Lipinski definition) is 0. The van der Waals surface area contributed by atoms with Crippen LogP contribution < -0.4 is 4.74 Å². The van der Waals surface area contributed by atoms with Gasteiger partial charge in [-0.15, -0.1) is 0 Å². The maximum absolute atomic E-state index is 13.2. The van der Waals surface area contributed by atoms with Crippen molar-refractivity contribution in [3.8, 4) is 16.9 Å². The number of carbonyl (C=O) groups is 1. The SMILES string of the molecule is Cc1noc(C)c1C(=O)N1Cc2cc(-c3cncnc3)ccc2OC[C@H]1C. The Kier molecular flexibility index (Phi) is 4.35. The van der Waals surface area contributed by atoms with Crippen molar-refractivity contribution >= 4 is 5.91 Å². The molecule has 1 aromatic carbocycles. The van der Waals surface area contributed by atoms with Crippen LogP contribution in [0, 0.1) is 13.8 Å². The first-order chi connectivity index (χ1) is 13.0. The van der Waals surface area contributed by atoms with Crippen molar-refractivity contribution in [1.29, 1.82) is 0 Å². The molecule has 0 saturated heterocycles. The third-order valence-electron chi connectivity index (χ3n) is 4.82. The molecule has 0 bridgehead atoms. The Morgan fingerprint density at radius 2 is 1.96 bits per heavy atom. The first-order valence-electron chi connectivity index (χ1n) is 8.79. The first-order valence-corrected chi connectivity index (χ1v) is 8.79. The number of nitrogens with zero attached hydrogens (tertiary/aromatic N) is 4. The fourth-order valence-electron chi connectivity index (χ4n) is 3.32. The summed E-state index contributed by atoms with van der Waals surface area (Å²) in [6, 6.07) is 5.86. The van der Waals surface area contributed by atoms with Gasteiger partial charge < -0.3 is 14.2 Å². The van der Waals surface area contributed by atoms with Crippen molar-refractivity contribution in [3.63, 3.8) is 0 Å². The van der Waals surface area contributed by atoms with Crippen LogP contribution in [0.5, 0.6) is 5.75 Å². The Morgan fingerprint density at radius 1 is 1.19 bits per heavy atom. The van der Waals surface area contributed by atoms with Crippen LogP contribution in [0.15, 0.2) is 41.4 Å². The van der Waals surface area contributed by atoms with Crippen molar-refractivity contribution in [2.45, 2.75) is 33.4 Å². The Balaban J connectivity index is 1.70. The van der Waals surface area contributed by atoms with E-state index in [2.05, 4.69) is 15.1 Å². The summed E-state index contributed by atoms with van der Waals surface area (Å²) in [5, 5.41) is 3.91. The van der Waals surface area contributed by atoms with E-state index in [4.69, 9.17) is 9.26 Å². The number of benzene rings is 1. The van der Waals surface area contributed by atoms with E-state index in [1.165, 1.54) is 6.33 Å². The molecule has 138 valence electrons. The molecule has 1 aliphatic heterocycles. The van der Waals surface area contributed by atoms with Crippen molar-refractivity contribution in [3.05, 3.63) is 59.5 Å². The zero-order chi connectivity index (χ0) is 19.0. The van der Waals surface area contributed by atoms with Gasteiger partial charge in [0.2, 0.25) is 0 Å². The van der Waals surface area contributed by atoms with Crippen LogP contribution in [0.2, 0.25) is 0 Å². The van der Waals surface area contributed by atoms with Gasteiger partial charge in [-0.2, -0.15) is 0 Å². The fourth-order valence-corrected chi connectivity index (χ4v) is 3.32. The first kappa shape index (κ1) is 17.2. The second kappa shape index (κ2) is 6.83. The van der Waals surface area contributed by atoms with E-state index in [0.29, 0.717) is 30.2 Å². The van der Waals surface area contributed by atoms with Gasteiger partial charge in [0, 0.05) is 23.5 Å². The summed E-state index contributed by atoms with van der Waals surface area (Å²) in [5.41, 5.74) is 3.97. The summed E-state index contributed by atoms with van der Waals surface area (Å²) in [5.74, 6) is 1.23. The normalized spacial score (nSPS) is 16.4. The molecule has 0 fully saturated rings. The molecule has 27 heavy (non-hydrogen) atoms. The molecule has 7 heteroatoms. The van der Waals surface area contributed by atoms with Crippen LogP contribution in [0.1, 0.15) is 34.3 Å². The van der Waals surface area contributed by atoms with Gasteiger partial charge in [0.25, 0.3) is 5.91 Å². The summed E-state index contributed by atoms with van der Waals surface area (Å²) in [7, 11) is 0. The monoisotopic (exact) mass is 364 g/mol. The Morgan fingerprint density at radius 3 is 2.67 bits per heavy atom. The van der Waals surface area contributed by atoms with Gasteiger partial charge >= 0.3 is 0 Å². The Bertz CT molecular complexity index is 965. The summed E-state index contributed by atoms with van der Waals surface area (Å²) >= 11 is 0. The molecule has 1 atom stereocenters. The van der Waals surface area contributed by atoms with Gasteiger partial charge in [0.1, 0.15) is 30.0 Å². The van der Waals surface area contributed by atoms with E-state index in [9.17, 15) is 4.79 Å².